The first-order chi connectivity index (χ1) is 18.2. The number of halogens is 1. The molecular formula is C30H34BrN3O4. The zero-order chi connectivity index (χ0) is 27.1. The summed E-state index contributed by atoms with van der Waals surface area (Å²) in [6.45, 7) is 9.77. The van der Waals surface area contributed by atoms with Crippen molar-refractivity contribution in [3.05, 3.63) is 88.4 Å². The van der Waals surface area contributed by atoms with Crippen LogP contribution >= 0.6 is 15.9 Å². The molecule has 1 saturated heterocycles. The van der Waals surface area contributed by atoms with Crippen LogP contribution in [0.2, 0.25) is 0 Å². The predicted octanol–water partition coefficient (Wildman–Crippen LogP) is 5.74. The van der Waals surface area contributed by atoms with Crippen molar-refractivity contribution in [2.75, 3.05) is 43.0 Å². The summed E-state index contributed by atoms with van der Waals surface area (Å²) in [5, 5.41) is 3.03. The van der Waals surface area contributed by atoms with E-state index in [0.29, 0.717) is 17.0 Å². The SMILES string of the molecule is CCOC(=O)c1ccc(N2CCN(Cc3ccccc3)CC2)c(NC(=O)C(C)(C)Oc2ccc(Br)cc2)c1. The van der Waals surface area contributed by atoms with Crippen molar-refractivity contribution in [2.45, 2.75) is 32.9 Å². The van der Waals surface area contributed by atoms with Crippen molar-refractivity contribution in [1.29, 1.82) is 0 Å². The van der Waals surface area contributed by atoms with Gasteiger partial charge in [0.25, 0.3) is 5.91 Å². The third-order valence-electron chi connectivity index (χ3n) is 6.45. The molecule has 1 aliphatic heterocycles. The van der Waals surface area contributed by atoms with Gasteiger partial charge in [-0.2, -0.15) is 0 Å². The van der Waals surface area contributed by atoms with Crippen LogP contribution in [0.15, 0.2) is 77.3 Å². The molecule has 1 aliphatic rings. The van der Waals surface area contributed by atoms with Crippen molar-refractivity contribution in [3.8, 4) is 5.75 Å². The molecule has 0 radical (unpaired) electrons. The van der Waals surface area contributed by atoms with Gasteiger partial charge in [0.2, 0.25) is 0 Å². The summed E-state index contributed by atoms with van der Waals surface area (Å²) in [6, 6.07) is 23.1. The summed E-state index contributed by atoms with van der Waals surface area (Å²) in [4.78, 5) is 30.6. The second kappa shape index (κ2) is 12.5. The van der Waals surface area contributed by atoms with E-state index in [2.05, 4.69) is 55.3 Å². The molecule has 0 spiro atoms. The Kier molecular flexibility index (Phi) is 9.07. The zero-order valence-corrected chi connectivity index (χ0v) is 23.7. The van der Waals surface area contributed by atoms with E-state index < -0.39 is 11.6 Å². The van der Waals surface area contributed by atoms with Crippen LogP contribution in [0.3, 0.4) is 0 Å². The predicted molar refractivity (Wildman–Crippen MR) is 154 cm³/mol. The number of hydrogen-bond donors (Lipinski definition) is 1. The molecule has 8 heteroatoms. The molecule has 38 heavy (non-hydrogen) atoms. The molecule has 0 atom stereocenters. The zero-order valence-electron chi connectivity index (χ0n) is 22.1. The van der Waals surface area contributed by atoms with Gasteiger partial charge in [-0.3, -0.25) is 9.69 Å². The van der Waals surface area contributed by atoms with E-state index in [1.165, 1.54) is 5.56 Å². The number of nitrogens with zero attached hydrogens (tertiary/aromatic N) is 2. The van der Waals surface area contributed by atoms with Gasteiger partial charge in [-0.1, -0.05) is 46.3 Å². The van der Waals surface area contributed by atoms with Gasteiger partial charge in [0.05, 0.1) is 23.5 Å². The molecule has 200 valence electrons. The number of nitrogens with one attached hydrogen (secondary N) is 1. The number of hydrogen-bond acceptors (Lipinski definition) is 6. The lowest BCUT2D eigenvalue weighted by Gasteiger charge is -2.37. The Bertz CT molecular complexity index is 1240. The smallest absolute Gasteiger partial charge is 0.338 e. The highest BCUT2D eigenvalue weighted by Gasteiger charge is 2.31. The molecule has 1 fully saturated rings. The van der Waals surface area contributed by atoms with Crippen molar-refractivity contribution < 1.29 is 19.1 Å². The fourth-order valence-corrected chi connectivity index (χ4v) is 4.62. The van der Waals surface area contributed by atoms with Crippen LogP contribution in [0, 0.1) is 0 Å². The molecule has 3 aromatic carbocycles. The molecule has 1 N–H and O–H groups in total. The number of carbonyl (C=O) groups excluding carboxylic acids is 2. The highest BCUT2D eigenvalue weighted by atomic mass is 79.9. The molecule has 1 amide bonds. The van der Waals surface area contributed by atoms with Gasteiger partial charge >= 0.3 is 5.97 Å². The molecule has 3 aromatic rings. The van der Waals surface area contributed by atoms with E-state index >= 15 is 0 Å². The summed E-state index contributed by atoms with van der Waals surface area (Å²) in [5.41, 5.74) is 1.95. The number of esters is 1. The average molecular weight is 581 g/mol. The standard InChI is InChI=1S/C30H34BrN3O4/c1-4-37-28(35)23-10-15-27(34-18-16-33(17-19-34)21-22-8-6-5-7-9-22)26(20-23)32-29(36)30(2,3)38-25-13-11-24(31)12-14-25/h5-15,20H,4,16-19,21H2,1-3H3,(H,32,36). The van der Waals surface area contributed by atoms with Crippen molar-refractivity contribution in [1.82, 2.24) is 4.90 Å². The van der Waals surface area contributed by atoms with Crippen LogP contribution in [-0.2, 0) is 16.1 Å². The van der Waals surface area contributed by atoms with Crippen LogP contribution < -0.4 is 15.0 Å². The van der Waals surface area contributed by atoms with E-state index in [1.807, 2.05) is 24.3 Å². The first kappa shape index (κ1) is 27.7. The normalized spacial score (nSPS) is 14.2. The minimum atomic E-state index is -1.15. The molecule has 7 nitrogen and oxygen atoms in total. The number of carbonyl (C=O) groups is 2. The second-order valence-electron chi connectivity index (χ2n) is 9.72. The number of ether oxygens (including phenoxy) is 2. The van der Waals surface area contributed by atoms with E-state index in [4.69, 9.17) is 9.47 Å². The van der Waals surface area contributed by atoms with Crippen LogP contribution in [0.5, 0.6) is 5.75 Å². The maximum absolute atomic E-state index is 13.4. The van der Waals surface area contributed by atoms with Gasteiger partial charge in [-0.05, 0) is 68.8 Å². The van der Waals surface area contributed by atoms with E-state index in [9.17, 15) is 9.59 Å². The van der Waals surface area contributed by atoms with Gasteiger partial charge in [-0.15, -0.1) is 0 Å². The Morgan fingerprint density at radius 2 is 1.63 bits per heavy atom. The lowest BCUT2D eigenvalue weighted by molar-refractivity contribution is -0.128. The quantitative estimate of drug-likeness (QED) is 0.326. The monoisotopic (exact) mass is 579 g/mol. The molecule has 1 heterocycles. The Balaban J connectivity index is 1.51. The Morgan fingerprint density at radius 1 is 0.947 bits per heavy atom. The first-order valence-electron chi connectivity index (χ1n) is 12.8. The minimum absolute atomic E-state index is 0.277. The number of benzene rings is 3. The lowest BCUT2D eigenvalue weighted by atomic mass is 10.1. The highest BCUT2D eigenvalue weighted by Crippen LogP contribution is 2.31. The number of amides is 1. The molecule has 0 aliphatic carbocycles. The molecule has 0 unspecified atom stereocenters. The van der Waals surface area contributed by atoms with Crippen molar-refractivity contribution in [2.24, 2.45) is 0 Å². The molecule has 0 bridgehead atoms. The topological polar surface area (TPSA) is 71.1 Å². The molecule has 0 saturated carbocycles. The van der Waals surface area contributed by atoms with Gasteiger partial charge in [0.1, 0.15) is 5.75 Å². The summed E-state index contributed by atoms with van der Waals surface area (Å²) in [6.07, 6.45) is 0. The third kappa shape index (κ3) is 7.14. The van der Waals surface area contributed by atoms with Crippen LogP contribution in [0.1, 0.15) is 36.7 Å². The summed E-state index contributed by atoms with van der Waals surface area (Å²) < 4.78 is 12.1. The van der Waals surface area contributed by atoms with Gasteiger partial charge < -0.3 is 19.7 Å². The fourth-order valence-electron chi connectivity index (χ4n) is 4.36. The average Bonchev–Trinajstić information content (AvgIpc) is 2.91. The largest absolute Gasteiger partial charge is 0.478 e. The van der Waals surface area contributed by atoms with E-state index in [-0.39, 0.29) is 12.5 Å². The Labute approximate surface area is 232 Å². The molecular weight excluding hydrogens is 546 g/mol. The van der Waals surface area contributed by atoms with E-state index in [1.54, 1.807) is 45.0 Å². The second-order valence-corrected chi connectivity index (χ2v) is 10.6. The van der Waals surface area contributed by atoms with Crippen molar-refractivity contribution in [3.63, 3.8) is 0 Å². The fraction of sp³-hybridized carbons (Fsp3) is 0.333. The van der Waals surface area contributed by atoms with Gasteiger partial charge in [0, 0.05) is 37.2 Å². The van der Waals surface area contributed by atoms with Gasteiger partial charge in [-0.25, -0.2) is 4.79 Å². The summed E-state index contributed by atoms with van der Waals surface area (Å²) in [5.74, 6) is -0.152. The molecule has 4 rings (SSSR count). The van der Waals surface area contributed by atoms with Crippen molar-refractivity contribution >= 4 is 39.2 Å². The third-order valence-corrected chi connectivity index (χ3v) is 6.98. The lowest BCUT2D eigenvalue weighted by Crippen LogP contribution is -2.46. The van der Waals surface area contributed by atoms with Crippen LogP contribution in [-0.4, -0.2) is 55.2 Å². The minimum Gasteiger partial charge on any atom is -0.478 e. The number of rotatable bonds is 9. The van der Waals surface area contributed by atoms with E-state index in [0.717, 1.165) is 42.9 Å². The summed E-state index contributed by atoms with van der Waals surface area (Å²) in [7, 11) is 0. The maximum Gasteiger partial charge on any atom is 0.338 e. The number of anilines is 2. The highest BCUT2D eigenvalue weighted by molar-refractivity contribution is 9.10. The Morgan fingerprint density at radius 3 is 2.29 bits per heavy atom. The van der Waals surface area contributed by atoms with Crippen LogP contribution in [0.4, 0.5) is 11.4 Å². The first-order valence-corrected chi connectivity index (χ1v) is 13.6. The maximum atomic E-state index is 13.4. The molecule has 0 aromatic heterocycles. The summed E-state index contributed by atoms with van der Waals surface area (Å²) >= 11 is 3.41. The Hall–Kier alpha value is -3.36. The van der Waals surface area contributed by atoms with Gasteiger partial charge in [0.15, 0.2) is 5.60 Å². The van der Waals surface area contributed by atoms with Crippen LogP contribution in [0.25, 0.3) is 0 Å². The number of piperazine rings is 1.